The molecule has 120 valence electrons. The van der Waals surface area contributed by atoms with Crippen molar-refractivity contribution in [3.05, 3.63) is 29.7 Å². The number of sulfonamides is 1. The van der Waals surface area contributed by atoms with Crippen molar-refractivity contribution in [2.24, 2.45) is 5.92 Å². The van der Waals surface area contributed by atoms with Crippen molar-refractivity contribution in [2.75, 3.05) is 16.6 Å². The van der Waals surface area contributed by atoms with E-state index in [0.717, 1.165) is 6.54 Å². The Morgan fingerprint density at radius 3 is 2.50 bits per heavy atom. The lowest BCUT2D eigenvalue weighted by Gasteiger charge is -2.10. The summed E-state index contributed by atoms with van der Waals surface area (Å²) < 4.78 is 27.3. The van der Waals surface area contributed by atoms with Crippen LogP contribution >= 0.6 is 0 Å². The molecule has 0 aromatic carbocycles. The van der Waals surface area contributed by atoms with Crippen LogP contribution in [-0.4, -0.2) is 30.1 Å². The maximum atomic E-state index is 12.4. The van der Waals surface area contributed by atoms with Crippen LogP contribution < -0.4 is 10.0 Å². The number of anilines is 2. The fraction of sp³-hybridized carbons (Fsp3) is 0.429. The van der Waals surface area contributed by atoms with E-state index in [1.165, 1.54) is 6.20 Å². The van der Waals surface area contributed by atoms with Crippen LogP contribution in [0.5, 0.6) is 0 Å². The molecule has 8 heteroatoms. The van der Waals surface area contributed by atoms with Gasteiger partial charge in [0.1, 0.15) is 10.7 Å². The largest absolute Gasteiger partial charge is 0.370 e. The second-order valence-corrected chi connectivity index (χ2v) is 7.19. The molecule has 0 saturated carbocycles. The van der Waals surface area contributed by atoms with Crippen molar-refractivity contribution < 1.29 is 8.42 Å². The molecule has 3 N–H and O–H groups in total. The number of hydrogen-bond acceptors (Lipinski definition) is 5. The van der Waals surface area contributed by atoms with E-state index in [1.807, 2.05) is 0 Å². The van der Waals surface area contributed by atoms with Crippen LogP contribution in [0.3, 0.4) is 0 Å². The Morgan fingerprint density at radius 1 is 1.27 bits per heavy atom. The number of nitrogens with zero attached hydrogens (tertiary/aromatic N) is 2. The Kier molecular flexibility index (Phi) is 4.70. The zero-order valence-corrected chi connectivity index (χ0v) is 14.0. The lowest BCUT2D eigenvalue weighted by Crippen LogP contribution is -2.15. The Balaban J connectivity index is 2.13. The zero-order chi connectivity index (χ0) is 16.3. The fourth-order valence-electron chi connectivity index (χ4n) is 2.01. The first kappa shape index (κ1) is 16.3. The summed E-state index contributed by atoms with van der Waals surface area (Å²) in [6, 6.07) is 3.42. The molecular formula is C14H21N5O2S. The van der Waals surface area contributed by atoms with Crippen LogP contribution in [0.4, 0.5) is 11.5 Å². The summed E-state index contributed by atoms with van der Waals surface area (Å²) in [5.41, 5.74) is 1.36. The molecule has 2 aromatic rings. The normalized spacial score (nSPS) is 11.7. The Hall–Kier alpha value is -2.09. The molecule has 2 aromatic heterocycles. The highest BCUT2D eigenvalue weighted by Crippen LogP contribution is 2.20. The van der Waals surface area contributed by atoms with E-state index in [0.29, 0.717) is 28.8 Å². The number of pyridine rings is 1. The highest BCUT2D eigenvalue weighted by Gasteiger charge is 2.22. The van der Waals surface area contributed by atoms with Crippen LogP contribution in [-0.2, 0) is 10.0 Å². The summed E-state index contributed by atoms with van der Waals surface area (Å²) in [6.45, 7) is 8.34. The molecule has 0 radical (unpaired) electrons. The standard InChI is InChI=1S/C14H21N5O2S/c1-9(2)7-15-13-6-5-12(8-16-13)19-22(20,21)14-10(3)17-18-11(14)4/h5-6,8-9,19H,7H2,1-4H3,(H,15,16)(H,17,18). The summed E-state index contributed by atoms with van der Waals surface area (Å²) in [5, 5.41) is 9.76. The van der Waals surface area contributed by atoms with Crippen LogP contribution in [0, 0.1) is 19.8 Å². The smallest absolute Gasteiger partial charge is 0.265 e. The third-order valence-electron chi connectivity index (χ3n) is 3.04. The molecule has 0 saturated heterocycles. The Morgan fingerprint density at radius 2 is 2.00 bits per heavy atom. The number of aromatic amines is 1. The van der Waals surface area contributed by atoms with Crippen molar-refractivity contribution in [1.82, 2.24) is 15.2 Å². The van der Waals surface area contributed by atoms with Crippen molar-refractivity contribution in [3.8, 4) is 0 Å². The molecule has 0 fully saturated rings. The van der Waals surface area contributed by atoms with Gasteiger partial charge in [0, 0.05) is 6.54 Å². The first-order valence-electron chi connectivity index (χ1n) is 7.04. The SMILES string of the molecule is Cc1n[nH]c(C)c1S(=O)(=O)Nc1ccc(NCC(C)C)nc1. The van der Waals surface area contributed by atoms with Gasteiger partial charge in [-0.2, -0.15) is 5.10 Å². The van der Waals surface area contributed by atoms with Crippen molar-refractivity contribution >= 4 is 21.5 Å². The maximum Gasteiger partial charge on any atom is 0.265 e. The molecule has 22 heavy (non-hydrogen) atoms. The molecule has 0 amide bonds. The molecule has 0 spiro atoms. The van der Waals surface area contributed by atoms with E-state index in [4.69, 9.17) is 0 Å². The molecule has 2 rings (SSSR count). The number of nitrogens with one attached hydrogen (secondary N) is 3. The highest BCUT2D eigenvalue weighted by molar-refractivity contribution is 7.92. The molecule has 2 heterocycles. The first-order valence-corrected chi connectivity index (χ1v) is 8.52. The molecule has 7 nitrogen and oxygen atoms in total. The highest BCUT2D eigenvalue weighted by atomic mass is 32.2. The molecule has 0 unspecified atom stereocenters. The average molecular weight is 323 g/mol. The van der Waals surface area contributed by atoms with Gasteiger partial charge >= 0.3 is 0 Å². The quantitative estimate of drug-likeness (QED) is 0.757. The van der Waals surface area contributed by atoms with E-state index in [-0.39, 0.29) is 4.90 Å². The second kappa shape index (κ2) is 6.35. The van der Waals surface area contributed by atoms with Gasteiger partial charge in [-0.05, 0) is 31.9 Å². The molecular weight excluding hydrogens is 302 g/mol. The first-order chi connectivity index (χ1) is 10.3. The number of rotatable bonds is 6. The van der Waals surface area contributed by atoms with Crippen LogP contribution in [0.25, 0.3) is 0 Å². The molecule has 0 bridgehead atoms. The molecule has 0 aliphatic carbocycles. The van der Waals surface area contributed by atoms with Crippen LogP contribution in [0.1, 0.15) is 25.2 Å². The van der Waals surface area contributed by atoms with Gasteiger partial charge in [0.2, 0.25) is 0 Å². The van der Waals surface area contributed by atoms with Crippen molar-refractivity contribution in [1.29, 1.82) is 0 Å². The van der Waals surface area contributed by atoms with E-state index >= 15 is 0 Å². The van der Waals surface area contributed by atoms with Gasteiger partial charge in [-0.1, -0.05) is 13.8 Å². The summed E-state index contributed by atoms with van der Waals surface area (Å²) in [4.78, 5) is 4.37. The molecule has 0 atom stereocenters. The predicted octanol–water partition coefficient (Wildman–Crippen LogP) is 2.29. The monoisotopic (exact) mass is 323 g/mol. The van der Waals surface area contributed by atoms with E-state index in [2.05, 4.69) is 39.1 Å². The van der Waals surface area contributed by atoms with Gasteiger partial charge in [0.05, 0.1) is 23.3 Å². The zero-order valence-electron chi connectivity index (χ0n) is 13.1. The van der Waals surface area contributed by atoms with Crippen molar-refractivity contribution in [3.63, 3.8) is 0 Å². The van der Waals surface area contributed by atoms with Crippen LogP contribution in [0.2, 0.25) is 0 Å². The Labute approximate surface area is 130 Å². The summed E-state index contributed by atoms with van der Waals surface area (Å²) in [7, 11) is -3.67. The van der Waals surface area contributed by atoms with E-state index in [9.17, 15) is 8.42 Å². The minimum absolute atomic E-state index is 0.175. The van der Waals surface area contributed by atoms with Gasteiger partial charge < -0.3 is 5.32 Å². The number of aromatic nitrogens is 3. The number of H-pyrrole nitrogens is 1. The van der Waals surface area contributed by atoms with Gasteiger partial charge in [-0.15, -0.1) is 0 Å². The molecule has 0 aliphatic rings. The maximum absolute atomic E-state index is 12.4. The average Bonchev–Trinajstić information content (AvgIpc) is 2.77. The van der Waals surface area contributed by atoms with Gasteiger partial charge in [0.25, 0.3) is 10.0 Å². The number of hydrogen-bond donors (Lipinski definition) is 3. The lowest BCUT2D eigenvalue weighted by atomic mass is 10.2. The molecule has 0 aliphatic heterocycles. The lowest BCUT2D eigenvalue weighted by molar-refractivity contribution is 0.600. The van der Waals surface area contributed by atoms with E-state index in [1.54, 1.807) is 26.0 Å². The minimum Gasteiger partial charge on any atom is -0.370 e. The number of aryl methyl sites for hydroxylation is 2. The summed E-state index contributed by atoms with van der Waals surface area (Å²) in [5.74, 6) is 1.22. The van der Waals surface area contributed by atoms with Gasteiger partial charge in [-0.3, -0.25) is 9.82 Å². The fourth-order valence-corrected chi connectivity index (χ4v) is 3.43. The predicted molar refractivity (Wildman–Crippen MR) is 86.4 cm³/mol. The second-order valence-electron chi connectivity index (χ2n) is 5.58. The van der Waals surface area contributed by atoms with Gasteiger partial charge in [-0.25, -0.2) is 13.4 Å². The van der Waals surface area contributed by atoms with E-state index < -0.39 is 10.0 Å². The van der Waals surface area contributed by atoms with Gasteiger partial charge in [0.15, 0.2) is 0 Å². The van der Waals surface area contributed by atoms with Crippen LogP contribution in [0.15, 0.2) is 23.2 Å². The minimum atomic E-state index is -3.67. The van der Waals surface area contributed by atoms with Crippen molar-refractivity contribution in [2.45, 2.75) is 32.6 Å². The Bertz CT molecular complexity index is 716. The summed E-state index contributed by atoms with van der Waals surface area (Å²) >= 11 is 0. The third-order valence-corrected chi connectivity index (χ3v) is 4.68. The third kappa shape index (κ3) is 3.76. The topological polar surface area (TPSA) is 99.8 Å². The summed E-state index contributed by atoms with van der Waals surface area (Å²) in [6.07, 6.45) is 1.49.